The Morgan fingerprint density at radius 1 is 1.21 bits per heavy atom. The zero-order valence-corrected chi connectivity index (χ0v) is 10.5. The van der Waals surface area contributed by atoms with Gasteiger partial charge in [-0.25, -0.2) is 0 Å². The van der Waals surface area contributed by atoms with Gasteiger partial charge in [-0.15, -0.1) is 0 Å². The van der Waals surface area contributed by atoms with Crippen LogP contribution in [0.1, 0.15) is 27.2 Å². The first-order valence-corrected chi connectivity index (χ1v) is 7.20. The quantitative estimate of drug-likeness (QED) is 0.637. The lowest BCUT2D eigenvalue weighted by molar-refractivity contribution is 0.216. The summed E-state index contributed by atoms with van der Waals surface area (Å²) < 4.78 is 21.6. The van der Waals surface area contributed by atoms with Gasteiger partial charge in [-0.2, -0.15) is 0 Å². The van der Waals surface area contributed by atoms with Crippen molar-refractivity contribution in [1.82, 2.24) is 0 Å². The monoisotopic (exact) mass is 240 g/mol. The minimum Gasteiger partial charge on any atom is -0.303 e. The molecule has 4 nitrogen and oxygen atoms in total. The van der Waals surface area contributed by atoms with E-state index in [-0.39, 0.29) is 13.2 Å². The van der Waals surface area contributed by atoms with Crippen LogP contribution in [0.3, 0.4) is 0 Å². The third kappa shape index (κ3) is 4.60. The number of rotatable bonds is 7. The molecule has 0 saturated carbocycles. The number of thioether (sulfide) groups is 1. The van der Waals surface area contributed by atoms with Gasteiger partial charge in [-0.05, 0) is 20.3 Å². The van der Waals surface area contributed by atoms with Crippen LogP contribution in [0, 0.1) is 0 Å². The van der Waals surface area contributed by atoms with Gasteiger partial charge < -0.3 is 9.05 Å². The second-order valence-corrected chi connectivity index (χ2v) is 5.74. The first kappa shape index (κ1) is 14.2. The van der Waals surface area contributed by atoms with E-state index in [4.69, 9.17) is 9.05 Å². The summed E-state index contributed by atoms with van der Waals surface area (Å²) in [7, 11) is -3.52. The van der Waals surface area contributed by atoms with Crippen LogP contribution in [0.4, 0.5) is 4.79 Å². The van der Waals surface area contributed by atoms with Crippen LogP contribution in [-0.2, 0) is 13.6 Å². The molecule has 0 aliphatic heterocycles. The predicted octanol–water partition coefficient (Wildman–Crippen LogP) is 3.52. The van der Waals surface area contributed by atoms with Gasteiger partial charge in [0.25, 0.3) is 0 Å². The minimum atomic E-state index is -3.52. The Labute approximate surface area is 89.3 Å². The van der Waals surface area contributed by atoms with Crippen molar-refractivity contribution in [1.29, 1.82) is 0 Å². The highest BCUT2D eigenvalue weighted by Crippen LogP contribution is 2.53. The molecule has 84 valence electrons. The Morgan fingerprint density at radius 2 is 1.71 bits per heavy atom. The molecule has 0 N–H and O–H groups in total. The molecule has 0 spiro atoms. The van der Waals surface area contributed by atoms with E-state index in [2.05, 4.69) is 0 Å². The molecule has 0 radical (unpaired) electrons. The fourth-order valence-electron chi connectivity index (χ4n) is 0.751. The van der Waals surface area contributed by atoms with Crippen molar-refractivity contribution >= 4 is 24.2 Å². The maximum atomic E-state index is 11.8. The van der Waals surface area contributed by atoms with Crippen molar-refractivity contribution < 1.29 is 18.4 Å². The smallest absolute Gasteiger partial charge is 0.303 e. The van der Waals surface area contributed by atoms with Crippen molar-refractivity contribution in [3.8, 4) is 0 Å². The van der Waals surface area contributed by atoms with Crippen LogP contribution in [0.5, 0.6) is 0 Å². The van der Waals surface area contributed by atoms with Crippen LogP contribution in [0.25, 0.3) is 0 Å². The van der Waals surface area contributed by atoms with E-state index >= 15 is 0 Å². The highest BCUT2D eigenvalue weighted by Gasteiger charge is 2.33. The van der Waals surface area contributed by atoms with Gasteiger partial charge >= 0.3 is 12.5 Å². The summed E-state index contributed by atoms with van der Waals surface area (Å²) in [5.74, 6) is 0.642. The topological polar surface area (TPSA) is 52.6 Å². The number of hydrogen-bond donors (Lipinski definition) is 0. The second-order valence-electron chi connectivity index (χ2n) is 2.45. The highest BCUT2D eigenvalue weighted by atomic mass is 32.2. The molecule has 0 aliphatic rings. The number of carbonyl (C=O) groups is 1. The van der Waals surface area contributed by atoms with Gasteiger partial charge in [0.1, 0.15) is 0 Å². The first-order valence-electron chi connectivity index (χ1n) is 4.67. The molecule has 0 saturated heterocycles. The molecular formula is C8H17O4PS. The summed E-state index contributed by atoms with van der Waals surface area (Å²) in [6.45, 7) is 5.75. The Balaban J connectivity index is 4.31. The fourth-order valence-corrected chi connectivity index (χ4v) is 3.32. The Hall–Kier alpha value is 0.170. The third-order valence-electron chi connectivity index (χ3n) is 1.25. The van der Waals surface area contributed by atoms with Crippen LogP contribution >= 0.6 is 19.4 Å². The molecule has 0 unspecified atom stereocenters. The lowest BCUT2D eigenvalue weighted by Crippen LogP contribution is -2.02. The zero-order chi connectivity index (χ0) is 11.0. The van der Waals surface area contributed by atoms with Crippen molar-refractivity contribution in [3.63, 3.8) is 0 Å². The molecule has 0 fully saturated rings. The highest BCUT2D eigenvalue weighted by molar-refractivity contribution is 8.25. The second kappa shape index (κ2) is 7.46. The van der Waals surface area contributed by atoms with Crippen molar-refractivity contribution in [3.05, 3.63) is 0 Å². The molecule has 0 heterocycles. The summed E-state index contributed by atoms with van der Waals surface area (Å²) in [6.07, 6.45) is 0.856. The Kier molecular flexibility index (Phi) is 7.55. The summed E-state index contributed by atoms with van der Waals surface area (Å²) in [5.41, 5.74) is 0. The summed E-state index contributed by atoms with van der Waals surface area (Å²) >= 11 is 1.01. The predicted molar refractivity (Wildman–Crippen MR) is 59.0 cm³/mol. The molecule has 14 heavy (non-hydrogen) atoms. The van der Waals surface area contributed by atoms with Crippen LogP contribution in [-0.4, -0.2) is 23.8 Å². The average Bonchev–Trinajstić information content (AvgIpc) is 2.15. The van der Waals surface area contributed by atoms with Crippen LogP contribution in [0.2, 0.25) is 0 Å². The molecule has 0 atom stereocenters. The minimum absolute atomic E-state index is 0.218. The molecule has 0 amide bonds. The third-order valence-corrected chi connectivity index (χ3v) is 4.81. The Morgan fingerprint density at radius 3 is 2.07 bits per heavy atom. The summed E-state index contributed by atoms with van der Waals surface area (Å²) in [4.78, 5) is 11.0. The number of carbonyl (C=O) groups excluding carboxylic acids is 1. The first-order chi connectivity index (χ1) is 6.60. The van der Waals surface area contributed by atoms with Gasteiger partial charge in [0.15, 0.2) is 0 Å². The average molecular weight is 240 g/mol. The van der Waals surface area contributed by atoms with Crippen molar-refractivity contribution in [2.75, 3.05) is 19.0 Å². The van der Waals surface area contributed by atoms with E-state index in [1.165, 1.54) is 0 Å². The lowest BCUT2D eigenvalue weighted by Gasteiger charge is -2.14. The van der Waals surface area contributed by atoms with E-state index in [0.717, 1.165) is 18.2 Å². The van der Waals surface area contributed by atoms with E-state index in [9.17, 15) is 9.36 Å². The van der Waals surface area contributed by atoms with Crippen LogP contribution in [0.15, 0.2) is 0 Å². The van der Waals surface area contributed by atoms with Gasteiger partial charge in [0, 0.05) is 5.75 Å². The standard InChI is InChI=1S/C8H17O4PS/c1-4-7-14-8(9)13(10,11-5-2)12-6-3/h4-7H2,1-3H3. The molecule has 0 bridgehead atoms. The molecule has 0 aliphatic carbocycles. The molecule has 6 heteroatoms. The van der Waals surface area contributed by atoms with Gasteiger partial charge in [-0.3, -0.25) is 9.36 Å². The van der Waals surface area contributed by atoms with E-state index in [0.29, 0.717) is 5.75 Å². The SMILES string of the molecule is CCCSC(=O)P(=O)(OCC)OCC. The molecular weight excluding hydrogens is 223 g/mol. The summed E-state index contributed by atoms with van der Waals surface area (Å²) in [5, 5.41) is 0. The lowest BCUT2D eigenvalue weighted by atomic mass is 10.6. The van der Waals surface area contributed by atoms with Gasteiger partial charge in [-0.1, -0.05) is 18.7 Å². The van der Waals surface area contributed by atoms with E-state index in [1.54, 1.807) is 13.8 Å². The maximum Gasteiger partial charge on any atom is 0.407 e. The zero-order valence-electron chi connectivity index (χ0n) is 8.82. The van der Waals surface area contributed by atoms with Crippen molar-refractivity contribution in [2.45, 2.75) is 27.2 Å². The van der Waals surface area contributed by atoms with E-state index < -0.39 is 12.5 Å². The van der Waals surface area contributed by atoms with Crippen LogP contribution < -0.4 is 0 Å². The molecule has 0 aromatic heterocycles. The van der Waals surface area contributed by atoms with Gasteiger partial charge in [0.2, 0.25) is 0 Å². The number of hydrogen-bond acceptors (Lipinski definition) is 5. The maximum absolute atomic E-state index is 11.8. The largest absolute Gasteiger partial charge is 0.407 e. The normalized spacial score (nSPS) is 11.6. The molecule has 0 aromatic carbocycles. The molecule has 0 aromatic rings. The molecule has 0 rings (SSSR count). The fraction of sp³-hybridized carbons (Fsp3) is 0.875. The van der Waals surface area contributed by atoms with E-state index in [1.807, 2.05) is 6.92 Å². The Bertz CT molecular complexity index is 209. The summed E-state index contributed by atoms with van der Waals surface area (Å²) in [6, 6.07) is 0. The van der Waals surface area contributed by atoms with Gasteiger partial charge in [0.05, 0.1) is 13.2 Å². The van der Waals surface area contributed by atoms with Crippen molar-refractivity contribution in [2.24, 2.45) is 0 Å².